The Bertz CT molecular complexity index is 833. The number of hydrogen-bond donors (Lipinski definition) is 1. The summed E-state index contributed by atoms with van der Waals surface area (Å²) in [6, 6.07) is 5.17. The molecular formula is C18H21Cl2N3O3. The second kappa shape index (κ2) is 8.56. The molecule has 0 saturated carbocycles. The van der Waals surface area contributed by atoms with Gasteiger partial charge in [0.25, 0.3) is 0 Å². The molecule has 1 aromatic carbocycles. The van der Waals surface area contributed by atoms with E-state index in [0.717, 1.165) is 17.0 Å². The average molecular weight is 398 g/mol. The molecule has 0 fully saturated rings. The third kappa shape index (κ3) is 4.77. The molecule has 6 nitrogen and oxygen atoms in total. The van der Waals surface area contributed by atoms with Crippen LogP contribution in [0.2, 0.25) is 10.0 Å². The SMILES string of the molecule is Cc1nn(-c2ccc(Cl)cc2Cl)c(C)c1CC(=O)N(C)CCCC(=O)O. The van der Waals surface area contributed by atoms with Gasteiger partial charge in [0.1, 0.15) is 0 Å². The van der Waals surface area contributed by atoms with Gasteiger partial charge in [-0.05, 0) is 38.5 Å². The quantitative estimate of drug-likeness (QED) is 0.773. The minimum Gasteiger partial charge on any atom is -0.481 e. The highest BCUT2D eigenvalue weighted by Crippen LogP contribution is 2.27. The largest absolute Gasteiger partial charge is 0.481 e. The Morgan fingerprint density at radius 1 is 1.27 bits per heavy atom. The third-order valence-electron chi connectivity index (χ3n) is 4.22. The molecule has 0 aliphatic rings. The minimum absolute atomic E-state index is 0.0443. The first-order valence-corrected chi connectivity index (χ1v) is 8.92. The molecular weight excluding hydrogens is 377 g/mol. The van der Waals surface area contributed by atoms with Crippen molar-refractivity contribution in [1.29, 1.82) is 0 Å². The molecule has 0 radical (unpaired) electrons. The van der Waals surface area contributed by atoms with Gasteiger partial charge < -0.3 is 10.0 Å². The lowest BCUT2D eigenvalue weighted by Gasteiger charge is -2.16. The highest BCUT2D eigenvalue weighted by Gasteiger charge is 2.19. The van der Waals surface area contributed by atoms with Crippen molar-refractivity contribution < 1.29 is 14.7 Å². The normalized spacial score (nSPS) is 10.8. The lowest BCUT2D eigenvalue weighted by atomic mass is 10.1. The number of carboxylic acid groups (broad SMARTS) is 1. The van der Waals surface area contributed by atoms with Crippen LogP contribution in [0.4, 0.5) is 0 Å². The molecule has 0 unspecified atom stereocenters. The number of amides is 1. The number of nitrogens with zero attached hydrogens (tertiary/aromatic N) is 3. The van der Waals surface area contributed by atoms with Crippen molar-refractivity contribution in [2.24, 2.45) is 0 Å². The molecule has 1 N–H and O–H groups in total. The van der Waals surface area contributed by atoms with Crippen LogP contribution >= 0.6 is 23.2 Å². The number of benzene rings is 1. The molecule has 1 amide bonds. The predicted molar refractivity (Wildman–Crippen MR) is 101 cm³/mol. The van der Waals surface area contributed by atoms with Crippen molar-refractivity contribution >= 4 is 35.1 Å². The fraction of sp³-hybridized carbons (Fsp3) is 0.389. The topological polar surface area (TPSA) is 75.4 Å². The van der Waals surface area contributed by atoms with Crippen molar-refractivity contribution in [2.45, 2.75) is 33.1 Å². The summed E-state index contributed by atoms with van der Waals surface area (Å²) in [5.41, 5.74) is 3.12. The maximum Gasteiger partial charge on any atom is 0.303 e. The zero-order chi connectivity index (χ0) is 19.4. The van der Waals surface area contributed by atoms with Crippen LogP contribution < -0.4 is 0 Å². The predicted octanol–water partition coefficient (Wildman–Crippen LogP) is 3.66. The number of likely N-dealkylation sites (N-methyl/N-ethyl adjacent to an activating group) is 1. The number of hydrogen-bond acceptors (Lipinski definition) is 3. The van der Waals surface area contributed by atoms with E-state index in [0.29, 0.717) is 28.7 Å². The molecule has 0 bridgehead atoms. The van der Waals surface area contributed by atoms with Crippen molar-refractivity contribution in [1.82, 2.24) is 14.7 Å². The standard InChI is InChI=1S/C18H21Cl2N3O3/c1-11-14(10-17(24)22(3)8-4-5-18(25)26)12(2)23(21-11)16-7-6-13(19)9-15(16)20/h6-7,9H,4-5,8,10H2,1-3H3,(H,25,26). The van der Waals surface area contributed by atoms with E-state index >= 15 is 0 Å². The van der Waals surface area contributed by atoms with E-state index in [1.807, 2.05) is 13.8 Å². The Hall–Kier alpha value is -2.05. The Kier molecular flexibility index (Phi) is 6.67. The van der Waals surface area contributed by atoms with Gasteiger partial charge in [0.05, 0.1) is 22.8 Å². The highest BCUT2D eigenvalue weighted by molar-refractivity contribution is 6.35. The summed E-state index contributed by atoms with van der Waals surface area (Å²) in [6.45, 7) is 4.14. The van der Waals surface area contributed by atoms with Gasteiger partial charge >= 0.3 is 5.97 Å². The van der Waals surface area contributed by atoms with Gasteiger partial charge in [0, 0.05) is 36.3 Å². The van der Waals surface area contributed by atoms with Gasteiger partial charge in [0.2, 0.25) is 5.91 Å². The summed E-state index contributed by atoms with van der Waals surface area (Å²) in [6.07, 6.45) is 0.671. The Morgan fingerprint density at radius 2 is 1.96 bits per heavy atom. The van der Waals surface area contributed by atoms with E-state index < -0.39 is 5.97 Å². The number of carboxylic acids is 1. The molecule has 140 valence electrons. The van der Waals surface area contributed by atoms with Crippen LogP contribution in [0, 0.1) is 13.8 Å². The first-order chi connectivity index (χ1) is 12.2. The van der Waals surface area contributed by atoms with Crippen LogP contribution in [0.25, 0.3) is 5.69 Å². The van der Waals surface area contributed by atoms with E-state index in [1.54, 1.807) is 34.8 Å². The number of carbonyl (C=O) groups excluding carboxylic acids is 1. The first-order valence-electron chi connectivity index (χ1n) is 8.17. The van der Waals surface area contributed by atoms with Crippen LogP contribution in [0.5, 0.6) is 0 Å². The molecule has 2 rings (SSSR count). The second-order valence-corrected chi connectivity index (χ2v) is 6.99. The number of rotatable bonds is 7. The van der Waals surface area contributed by atoms with Gasteiger partial charge in [-0.25, -0.2) is 4.68 Å². The molecule has 0 aliphatic heterocycles. The fourth-order valence-electron chi connectivity index (χ4n) is 2.70. The van der Waals surface area contributed by atoms with Gasteiger partial charge in [-0.1, -0.05) is 23.2 Å². The summed E-state index contributed by atoms with van der Waals surface area (Å²) in [4.78, 5) is 24.6. The highest BCUT2D eigenvalue weighted by atomic mass is 35.5. The minimum atomic E-state index is -0.862. The van der Waals surface area contributed by atoms with E-state index in [2.05, 4.69) is 5.10 Å². The van der Waals surface area contributed by atoms with Gasteiger partial charge in [-0.15, -0.1) is 0 Å². The fourth-order valence-corrected chi connectivity index (χ4v) is 3.19. The van der Waals surface area contributed by atoms with Crippen molar-refractivity contribution in [3.8, 4) is 5.69 Å². The number of aliphatic carboxylic acids is 1. The lowest BCUT2D eigenvalue weighted by molar-refractivity contribution is -0.138. The summed E-state index contributed by atoms with van der Waals surface area (Å²) in [5.74, 6) is -0.943. The molecule has 0 spiro atoms. The van der Waals surface area contributed by atoms with Gasteiger partial charge in [-0.2, -0.15) is 5.10 Å². The van der Waals surface area contributed by atoms with Crippen LogP contribution in [0.1, 0.15) is 29.8 Å². The maximum atomic E-state index is 12.4. The molecule has 8 heteroatoms. The number of aromatic nitrogens is 2. The smallest absolute Gasteiger partial charge is 0.303 e. The summed E-state index contributed by atoms with van der Waals surface area (Å²) in [7, 11) is 1.68. The van der Waals surface area contributed by atoms with E-state index in [4.69, 9.17) is 28.3 Å². The molecule has 1 aromatic heterocycles. The zero-order valence-corrected chi connectivity index (χ0v) is 16.4. The third-order valence-corrected chi connectivity index (χ3v) is 4.75. The van der Waals surface area contributed by atoms with Crippen molar-refractivity contribution in [3.63, 3.8) is 0 Å². The summed E-state index contributed by atoms with van der Waals surface area (Å²) >= 11 is 12.2. The summed E-state index contributed by atoms with van der Waals surface area (Å²) in [5, 5.41) is 14.2. The van der Waals surface area contributed by atoms with Crippen LogP contribution in [-0.4, -0.2) is 45.3 Å². The van der Waals surface area contributed by atoms with Crippen LogP contribution in [-0.2, 0) is 16.0 Å². The van der Waals surface area contributed by atoms with Crippen molar-refractivity contribution in [2.75, 3.05) is 13.6 Å². The first kappa shape index (κ1) is 20.3. The van der Waals surface area contributed by atoms with Crippen LogP contribution in [0.3, 0.4) is 0 Å². The molecule has 26 heavy (non-hydrogen) atoms. The number of aryl methyl sites for hydroxylation is 1. The van der Waals surface area contributed by atoms with E-state index in [9.17, 15) is 9.59 Å². The number of carbonyl (C=O) groups is 2. The van der Waals surface area contributed by atoms with Crippen LogP contribution in [0.15, 0.2) is 18.2 Å². The molecule has 1 heterocycles. The van der Waals surface area contributed by atoms with E-state index in [-0.39, 0.29) is 18.7 Å². The zero-order valence-electron chi connectivity index (χ0n) is 14.9. The van der Waals surface area contributed by atoms with Gasteiger partial charge in [-0.3, -0.25) is 9.59 Å². The Balaban J connectivity index is 2.17. The Labute approximate surface area is 162 Å². The molecule has 0 saturated heterocycles. The Morgan fingerprint density at radius 3 is 2.58 bits per heavy atom. The molecule has 2 aromatic rings. The molecule has 0 aliphatic carbocycles. The number of halogens is 2. The average Bonchev–Trinajstić information content (AvgIpc) is 2.82. The lowest BCUT2D eigenvalue weighted by Crippen LogP contribution is -2.29. The van der Waals surface area contributed by atoms with Crippen molar-refractivity contribution in [3.05, 3.63) is 45.2 Å². The second-order valence-electron chi connectivity index (χ2n) is 6.15. The molecule has 0 atom stereocenters. The monoisotopic (exact) mass is 397 g/mol. The van der Waals surface area contributed by atoms with E-state index in [1.165, 1.54) is 0 Å². The maximum absolute atomic E-state index is 12.4. The van der Waals surface area contributed by atoms with Gasteiger partial charge in [0.15, 0.2) is 0 Å². The summed E-state index contributed by atoms with van der Waals surface area (Å²) < 4.78 is 1.71.